The first kappa shape index (κ1) is 14.9. The second-order valence-corrected chi connectivity index (χ2v) is 5.82. The number of nitrogens with one attached hydrogen (secondary N) is 2. The van der Waals surface area contributed by atoms with Crippen molar-refractivity contribution in [3.63, 3.8) is 0 Å². The van der Waals surface area contributed by atoms with Gasteiger partial charge < -0.3 is 5.32 Å². The summed E-state index contributed by atoms with van der Waals surface area (Å²) in [6.45, 7) is 1.86. The summed E-state index contributed by atoms with van der Waals surface area (Å²) < 4.78 is 0. The number of rotatable bonds is 3. The average molecular weight is 334 g/mol. The molecule has 0 bridgehead atoms. The van der Waals surface area contributed by atoms with Gasteiger partial charge >= 0.3 is 0 Å². The highest BCUT2D eigenvalue weighted by Crippen LogP contribution is 2.26. The van der Waals surface area contributed by atoms with E-state index in [0.717, 1.165) is 16.5 Å². The number of H-pyrrole nitrogens is 1. The molecule has 4 nitrogen and oxygen atoms in total. The number of aromatic amines is 1. The number of nitrogens with zero attached hydrogens (tertiary/aromatic N) is 1. The molecule has 0 aliphatic carbocycles. The van der Waals surface area contributed by atoms with E-state index in [1.54, 1.807) is 18.2 Å². The Bertz CT molecular complexity index is 844. The molecule has 0 saturated carbocycles. The summed E-state index contributed by atoms with van der Waals surface area (Å²) in [5, 5.41) is 11.7. The Labute approximate surface area is 137 Å². The van der Waals surface area contributed by atoms with Crippen LogP contribution in [0.4, 0.5) is 0 Å². The van der Waals surface area contributed by atoms with Crippen molar-refractivity contribution in [2.75, 3.05) is 0 Å². The number of carbonyl (C=O) groups is 1. The lowest BCUT2D eigenvalue weighted by Crippen LogP contribution is -2.27. The molecule has 0 radical (unpaired) electrons. The molecule has 0 aliphatic rings. The molecule has 1 aromatic heterocycles. The van der Waals surface area contributed by atoms with Gasteiger partial charge in [0.15, 0.2) is 5.69 Å². The lowest BCUT2D eigenvalue weighted by molar-refractivity contribution is 0.0936. The van der Waals surface area contributed by atoms with E-state index in [4.69, 9.17) is 23.2 Å². The Kier molecular flexibility index (Phi) is 4.05. The molecular formula is C16H13Cl2N3O. The summed E-state index contributed by atoms with van der Waals surface area (Å²) in [4.78, 5) is 12.4. The van der Waals surface area contributed by atoms with Crippen LogP contribution in [0, 0.1) is 0 Å². The van der Waals surface area contributed by atoms with Crippen molar-refractivity contribution in [2.45, 2.75) is 13.0 Å². The second kappa shape index (κ2) is 5.99. The summed E-state index contributed by atoms with van der Waals surface area (Å²) in [5.74, 6) is -0.254. The lowest BCUT2D eigenvalue weighted by atomic mass is 10.1. The van der Waals surface area contributed by atoms with Gasteiger partial charge in [0.05, 0.1) is 11.6 Å². The number of benzene rings is 2. The number of hydrogen-bond donors (Lipinski definition) is 2. The van der Waals surface area contributed by atoms with Crippen molar-refractivity contribution in [3.8, 4) is 0 Å². The topological polar surface area (TPSA) is 57.8 Å². The number of hydrogen-bond acceptors (Lipinski definition) is 2. The highest BCUT2D eigenvalue weighted by molar-refractivity contribution is 6.35. The van der Waals surface area contributed by atoms with E-state index in [2.05, 4.69) is 15.5 Å². The fraction of sp³-hybridized carbons (Fsp3) is 0.125. The van der Waals surface area contributed by atoms with Crippen molar-refractivity contribution in [1.82, 2.24) is 15.5 Å². The van der Waals surface area contributed by atoms with Gasteiger partial charge in [-0.05, 0) is 30.7 Å². The van der Waals surface area contributed by atoms with Crippen LogP contribution in [0.2, 0.25) is 10.0 Å². The van der Waals surface area contributed by atoms with E-state index in [0.29, 0.717) is 15.7 Å². The van der Waals surface area contributed by atoms with Gasteiger partial charge in [-0.25, -0.2) is 0 Å². The summed E-state index contributed by atoms with van der Waals surface area (Å²) in [5.41, 5.74) is 2.00. The predicted molar refractivity (Wildman–Crippen MR) is 88.4 cm³/mol. The summed E-state index contributed by atoms with van der Waals surface area (Å²) in [6.07, 6.45) is 0. The van der Waals surface area contributed by atoms with Crippen molar-refractivity contribution < 1.29 is 4.79 Å². The minimum absolute atomic E-state index is 0.254. The lowest BCUT2D eigenvalue weighted by Gasteiger charge is -2.15. The molecule has 0 aliphatic heterocycles. The van der Waals surface area contributed by atoms with Crippen molar-refractivity contribution in [3.05, 3.63) is 63.8 Å². The Balaban J connectivity index is 1.84. The maximum absolute atomic E-state index is 12.4. The van der Waals surface area contributed by atoms with Crippen LogP contribution in [0.15, 0.2) is 42.5 Å². The second-order valence-electron chi connectivity index (χ2n) is 4.98. The Morgan fingerprint density at radius 1 is 1.23 bits per heavy atom. The van der Waals surface area contributed by atoms with Gasteiger partial charge in [0.2, 0.25) is 0 Å². The fourth-order valence-corrected chi connectivity index (χ4v) is 2.90. The molecule has 2 N–H and O–H groups in total. The minimum Gasteiger partial charge on any atom is -0.344 e. The Morgan fingerprint density at radius 3 is 2.77 bits per heavy atom. The zero-order valence-corrected chi connectivity index (χ0v) is 13.2. The molecule has 0 spiro atoms. The van der Waals surface area contributed by atoms with Crippen molar-refractivity contribution in [2.24, 2.45) is 0 Å². The van der Waals surface area contributed by atoms with Gasteiger partial charge in [-0.2, -0.15) is 5.10 Å². The van der Waals surface area contributed by atoms with Crippen LogP contribution in [-0.4, -0.2) is 16.1 Å². The van der Waals surface area contributed by atoms with Gasteiger partial charge in [0, 0.05) is 15.4 Å². The molecular weight excluding hydrogens is 321 g/mol. The maximum atomic E-state index is 12.4. The molecule has 112 valence electrons. The quantitative estimate of drug-likeness (QED) is 0.748. The highest BCUT2D eigenvalue weighted by atomic mass is 35.5. The van der Waals surface area contributed by atoms with Crippen LogP contribution in [0.25, 0.3) is 10.9 Å². The van der Waals surface area contributed by atoms with E-state index in [9.17, 15) is 4.79 Å². The van der Waals surface area contributed by atoms with Gasteiger partial charge in [-0.1, -0.05) is 47.5 Å². The van der Waals surface area contributed by atoms with Gasteiger partial charge in [-0.15, -0.1) is 0 Å². The van der Waals surface area contributed by atoms with Gasteiger partial charge in [0.25, 0.3) is 5.91 Å². The van der Waals surface area contributed by atoms with E-state index in [1.807, 2.05) is 31.2 Å². The third kappa shape index (κ3) is 2.80. The number of carbonyl (C=O) groups excluding carboxylic acids is 1. The smallest absolute Gasteiger partial charge is 0.272 e. The molecule has 1 heterocycles. The molecule has 3 rings (SSSR count). The molecule has 1 atom stereocenters. The van der Waals surface area contributed by atoms with Gasteiger partial charge in [0.1, 0.15) is 0 Å². The monoisotopic (exact) mass is 333 g/mol. The molecule has 1 unspecified atom stereocenters. The number of aromatic nitrogens is 2. The normalized spacial score (nSPS) is 12.3. The molecule has 22 heavy (non-hydrogen) atoms. The van der Waals surface area contributed by atoms with E-state index >= 15 is 0 Å². The van der Waals surface area contributed by atoms with E-state index in [1.165, 1.54) is 0 Å². The van der Waals surface area contributed by atoms with E-state index in [-0.39, 0.29) is 11.9 Å². The largest absolute Gasteiger partial charge is 0.344 e. The van der Waals surface area contributed by atoms with Crippen molar-refractivity contribution in [1.29, 1.82) is 0 Å². The molecule has 0 fully saturated rings. The Morgan fingerprint density at radius 2 is 2.00 bits per heavy atom. The highest BCUT2D eigenvalue weighted by Gasteiger charge is 2.18. The first-order chi connectivity index (χ1) is 10.6. The first-order valence-electron chi connectivity index (χ1n) is 6.75. The van der Waals surface area contributed by atoms with E-state index < -0.39 is 0 Å². The minimum atomic E-state index is -0.257. The van der Waals surface area contributed by atoms with Gasteiger partial charge in [-0.3, -0.25) is 9.89 Å². The van der Waals surface area contributed by atoms with Crippen LogP contribution in [-0.2, 0) is 0 Å². The summed E-state index contributed by atoms with van der Waals surface area (Å²) >= 11 is 12.1. The number of para-hydroxylation sites is 1. The van der Waals surface area contributed by atoms with Crippen LogP contribution in [0.3, 0.4) is 0 Å². The average Bonchev–Trinajstić information content (AvgIpc) is 2.91. The molecule has 3 aromatic rings. The fourth-order valence-electron chi connectivity index (χ4n) is 2.33. The predicted octanol–water partition coefficient (Wildman–Crippen LogP) is 4.36. The van der Waals surface area contributed by atoms with Crippen LogP contribution >= 0.6 is 23.2 Å². The number of fused-ring (bicyclic) bond motifs is 1. The van der Waals surface area contributed by atoms with Crippen LogP contribution in [0.1, 0.15) is 29.0 Å². The third-order valence-corrected chi connectivity index (χ3v) is 4.02. The first-order valence-corrected chi connectivity index (χ1v) is 7.51. The molecule has 1 amide bonds. The SMILES string of the molecule is CC(NC(=O)c1n[nH]c2ccccc12)c1ccc(Cl)cc1Cl. The third-order valence-electron chi connectivity index (χ3n) is 3.46. The standard InChI is InChI=1S/C16H13Cl2N3O/c1-9(11-7-6-10(17)8-13(11)18)19-16(22)15-12-4-2-3-5-14(12)20-21-15/h2-9H,1H3,(H,19,22)(H,20,21). The van der Waals surface area contributed by atoms with Crippen LogP contribution < -0.4 is 5.32 Å². The molecule has 0 saturated heterocycles. The van der Waals surface area contributed by atoms with Crippen molar-refractivity contribution >= 4 is 40.0 Å². The zero-order chi connectivity index (χ0) is 15.7. The Hall–Kier alpha value is -2.04. The number of halogens is 2. The number of amides is 1. The molecule has 2 aromatic carbocycles. The summed E-state index contributed by atoms with van der Waals surface area (Å²) in [6, 6.07) is 12.4. The zero-order valence-electron chi connectivity index (χ0n) is 11.7. The maximum Gasteiger partial charge on any atom is 0.272 e. The summed E-state index contributed by atoms with van der Waals surface area (Å²) in [7, 11) is 0. The molecule has 6 heteroatoms. The van der Waals surface area contributed by atoms with Crippen LogP contribution in [0.5, 0.6) is 0 Å².